The van der Waals surface area contributed by atoms with Crippen molar-refractivity contribution in [1.29, 1.82) is 0 Å². The lowest BCUT2D eigenvalue weighted by molar-refractivity contribution is 0.567. The molecule has 0 bridgehead atoms. The topological polar surface area (TPSA) is 63.6 Å². The third-order valence-electron chi connectivity index (χ3n) is 2.67. The fourth-order valence-corrected chi connectivity index (χ4v) is 2.26. The van der Waals surface area contributed by atoms with Crippen LogP contribution in [0.5, 0.6) is 0 Å². The summed E-state index contributed by atoms with van der Waals surface area (Å²) >= 11 is 1.63. The summed E-state index contributed by atoms with van der Waals surface area (Å²) in [4.78, 5) is 8.54. The minimum absolute atomic E-state index is 0.0253. The molecule has 0 atom stereocenters. The molecule has 0 radical (unpaired) electrons. The van der Waals surface area contributed by atoms with Crippen molar-refractivity contribution in [2.24, 2.45) is 0 Å². The van der Waals surface area contributed by atoms with Gasteiger partial charge in [-0.15, -0.1) is 10.2 Å². The molecule has 1 N–H and O–H groups in total. The average Bonchev–Trinajstić information content (AvgIpc) is 2.84. The summed E-state index contributed by atoms with van der Waals surface area (Å²) in [6, 6.07) is 1.99. The van der Waals surface area contributed by atoms with E-state index in [-0.39, 0.29) is 5.41 Å². The highest BCUT2D eigenvalue weighted by molar-refractivity contribution is 7.11. The molecule has 2 aromatic heterocycles. The molecule has 2 heterocycles. The summed E-state index contributed by atoms with van der Waals surface area (Å²) < 4.78 is 0. The molecule has 2 aromatic rings. The molecule has 102 valence electrons. The highest BCUT2D eigenvalue weighted by Gasteiger charge is 2.16. The van der Waals surface area contributed by atoms with Crippen LogP contribution in [0.15, 0.2) is 12.4 Å². The van der Waals surface area contributed by atoms with Gasteiger partial charge in [-0.2, -0.15) is 0 Å². The molecule has 5 nitrogen and oxygen atoms in total. The van der Waals surface area contributed by atoms with E-state index < -0.39 is 0 Å². The SMILES string of the molecule is CCc1nnc(CNc2cc(C(C)(C)C)ncn2)s1. The van der Waals surface area contributed by atoms with Crippen LogP contribution in [0.3, 0.4) is 0 Å². The molecular formula is C13H19N5S. The van der Waals surface area contributed by atoms with Gasteiger partial charge in [0, 0.05) is 11.5 Å². The van der Waals surface area contributed by atoms with E-state index in [0.717, 1.165) is 27.9 Å². The standard InChI is InChI=1S/C13H19N5S/c1-5-11-17-18-12(19-11)7-14-10-6-9(13(2,3)4)15-8-16-10/h6,8H,5,7H2,1-4H3,(H,14,15,16). The van der Waals surface area contributed by atoms with E-state index in [1.807, 2.05) is 6.07 Å². The Morgan fingerprint density at radius 2 is 1.89 bits per heavy atom. The van der Waals surface area contributed by atoms with Gasteiger partial charge in [0.1, 0.15) is 22.2 Å². The molecule has 0 unspecified atom stereocenters. The Labute approximate surface area is 117 Å². The summed E-state index contributed by atoms with van der Waals surface area (Å²) in [5, 5.41) is 13.5. The van der Waals surface area contributed by atoms with E-state index >= 15 is 0 Å². The largest absolute Gasteiger partial charge is 0.363 e. The first-order chi connectivity index (χ1) is 8.99. The van der Waals surface area contributed by atoms with Gasteiger partial charge >= 0.3 is 0 Å². The van der Waals surface area contributed by atoms with Crippen molar-refractivity contribution in [1.82, 2.24) is 20.2 Å². The van der Waals surface area contributed by atoms with Crippen molar-refractivity contribution in [3.63, 3.8) is 0 Å². The molecule has 0 aliphatic heterocycles. The third-order valence-corrected chi connectivity index (χ3v) is 3.73. The van der Waals surface area contributed by atoms with Crippen molar-refractivity contribution in [3.8, 4) is 0 Å². The fraction of sp³-hybridized carbons (Fsp3) is 0.538. The lowest BCUT2D eigenvalue weighted by Crippen LogP contribution is -2.14. The summed E-state index contributed by atoms with van der Waals surface area (Å²) in [7, 11) is 0. The van der Waals surface area contributed by atoms with Crippen LogP contribution in [0.4, 0.5) is 5.82 Å². The molecule has 0 aliphatic carbocycles. The smallest absolute Gasteiger partial charge is 0.136 e. The molecule has 19 heavy (non-hydrogen) atoms. The fourth-order valence-electron chi connectivity index (χ4n) is 1.53. The maximum atomic E-state index is 4.31. The lowest BCUT2D eigenvalue weighted by atomic mass is 9.92. The zero-order chi connectivity index (χ0) is 13.9. The Bertz CT molecular complexity index is 544. The van der Waals surface area contributed by atoms with Crippen molar-refractivity contribution in [3.05, 3.63) is 28.1 Å². The first-order valence-corrected chi connectivity index (χ1v) is 7.18. The number of hydrogen-bond acceptors (Lipinski definition) is 6. The summed E-state index contributed by atoms with van der Waals surface area (Å²) in [6.07, 6.45) is 2.53. The molecule has 0 amide bonds. The van der Waals surface area contributed by atoms with Crippen LogP contribution >= 0.6 is 11.3 Å². The zero-order valence-corrected chi connectivity index (χ0v) is 12.6. The van der Waals surface area contributed by atoms with Crippen LogP contribution in [-0.2, 0) is 18.4 Å². The maximum absolute atomic E-state index is 4.31. The Kier molecular flexibility index (Phi) is 4.09. The van der Waals surface area contributed by atoms with Gasteiger partial charge in [-0.3, -0.25) is 0 Å². The second kappa shape index (κ2) is 5.61. The number of nitrogens with zero attached hydrogens (tertiary/aromatic N) is 4. The van der Waals surface area contributed by atoms with E-state index in [1.54, 1.807) is 17.7 Å². The molecule has 2 rings (SSSR count). The van der Waals surface area contributed by atoms with Gasteiger partial charge in [0.05, 0.1) is 12.2 Å². The van der Waals surface area contributed by atoms with Crippen molar-refractivity contribution < 1.29 is 0 Å². The first-order valence-electron chi connectivity index (χ1n) is 6.36. The Morgan fingerprint density at radius 1 is 1.16 bits per heavy atom. The van der Waals surface area contributed by atoms with Crippen molar-refractivity contribution >= 4 is 17.2 Å². The van der Waals surface area contributed by atoms with Gasteiger partial charge in [-0.05, 0) is 6.42 Å². The van der Waals surface area contributed by atoms with E-state index in [4.69, 9.17) is 0 Å². The van der Waals surface area contributed by atoms with Gasteiger partial charge in [0.15, 0.2) is 0 Å². The summed E-state index contributed by atoms with van der Waals surface area (Å²) in [5.41, 5.74) is 1.05. The quantitative estimate of drug-likeness (QED) is 0.931. The summed E-state index contributed by atoms with van der Waals surface area (Å²) in [5.74, 6) is 0.827. The van der Waals surface area contributed by atoms with Gasteiger partial charge < -0.3 is 5.32 Å². The number of aryl methyl sites for hydroxylation is 1. The molecule has 0 saturated heterocycles. The zero-order valence-electron chi connectivity index (χ0n) is 11.8. The van der Waals surface area contributed by atoms with Crippen LogP contribution in [0.1, 0.15) is 43.4 Å². The Morgan fingerprint density at radius 3 is 2.53 bits per heavy atom. The first kappa shape index (κ1) is 13.9. The van der Waals surface area contributed by atoms with Crippen LogP contribution in [-0.4, -0.2) is 20.2 Å². The monoisotopic (exact) mass is 277 g/mol. The van der Waals surface area contributed by atoms with Crippen molar-refractivity contribution in [2.75, 3.05) is 5.32 Å². The lowest BCUT2D eigenvalue weighted by Gasteiger charge is -2.17. The second-order valence-corrected chi connectivity index (χ2v) is 6.48. The second-order valence-electron chi connectivity index (χ2n) is 5.34. The highest BCUT2D eigenvalue weighted by Crippen LogP contribution is 2.21. The van der Waals surface area contributed by atoms with E-state index in [0.29, 0.717) is 6.54 Å². The average molecular weight is 277 g/mol. The van der Waals surface area contributed by atoms with Gasteiger partial charge in [-0.1, -0.05) is 39.0 Å². The molecule has 0 saturated carbocycles. The van der Waals surface area contributed by atoms with Crippen LogP contribution in [0, 0.1) is 0 Å². The van der Waals surface area contributed by atoms with Gasteiger partial charge in [-0.25, -0.2) is 9.97 Å². The van der Waals surface area contributed by atoms with Crippen molar-refractivity contribution in [2.45, 2.75) is 46.1 Å². The van der Waals surface area contributed by atoms with Gasteiger partial charge in [0.25, 0.3) is 0 Å². The molecule has 0 spiro atoms. The minimum Gasteiger partial charge on any atom is -0.363 e. The number of rotatable bonds is 4. The number of anilines is 1. The van der Waals surface area contributed by atoms with Crippen LogP contribution in [0.25, 0.3) is 0 Å². The molecule has 6 heteroatoms. The maximum Gasteiger partial charge on any atom is 0.136 e. The van der Waals surface area contributed by atoms with Gasteiger partial charge in [0.2, 0.25) is 0 Å². The number of aromatic nitrogens is 4. The normalized spacial score (nSPS) is 11.6. The van der Waals surface area contributed by atoms with E-state index in [2.05, 4.69) is 53.2 Å². The predicted octanol–water partition coefficient (Wildman–Crippen LogP) is 2.80. The third kappa shape index (κ3) is 3.70. The molecular weight excluding hydrogens is 258 g/mol. The molecule has 0 aromatic carbocycles. The minimum atomic E-state index is 0.0253. The number of nitrogens with one attached hydrogen (secondary N) is 1. The van der Waals surface area contributed by atoms with E-state index in [9.17, 15) is 0 Å². The highest BCUT2D eigenvalue weighted by atomic mass is 32.1. The summed E-state index contributed by atoms with van der Waals surface area (Å²) in [6.45, 7) is 9.14. The molecule has 0 fully saturated rings. The Hall–Kier alpha value is -1.56. The predicted molar refractivity (Wildman–Crippen MR) is 77.3 cm³/mol. The van der Waals surface area contributed by atoms with E-state index in [1.165, 1.54) is 0 Å². The Balaban J connectivity index is 2.03. The van der Waals surface area contributed by atoms with Crippen LogP contribution in [0.2, 0.25) is 0 Å². The number of hydrogen-bond donors (Lipinski definition) is 1. The molecule has 0 aliphatic rings. The van der Waals surface area contributed by atoms with Crippen LogP contribution < -0.4 is 5.32 Å².